The largest absolute Gasteiger partial charge is 0.321 e. The average molecular weight is 317 g/mol. The maximum absolute atomic E-state index is 12.3. The highest BCUT2D eigenvalue weighted by molar-refractivity contribution is 6.44. The van der Waals surface area contributed by atoms with Gasteiger partial charge in [0.05, 0.1) is 21.2 Å². The van der Waals surface area contributed by atoms with Crippen LogP contribution in [0.1, 0.15) is 10.4 Å². The lowest BCUT2D eigenvalue weighted by Gasteiger charge is -2.08. The fourth-order valence-electron chi connectivity index (χ4n) is 2.01. The van der Waals surface area contributed by atoms with Gasteiger partial charge < -0.3 is 5.32 Å². The minimum atomic E-state index is -0.245. The summed E-state index contributed by atoms with van der Waals surface area (Å²) in [5.41, 5.74) is 1.86. The number of carbonyl (C=O) groups excluding carboxylic acids is 1. The number of halogens is 2. The van der Waals surface area contributed by atoms with Gasteiger partial charge in [-0.3, -0.25) is 9.78 Å². The van der Waals surface area contributed by atoms with Crippen molar-refractivity contribution in [1.82, 2.24) is 4.98 Å². The number of aromatic nitrogens is 1. The lowest BCUT2D eigenvalue weighted by atomic mass is 10.1. The number of amides is 1. The van der Waals surface area contributed by atoms with Crippen molar-refractivity contribution in [2.75, 3.05) is 5.32 Å². The summed E-state index contributed by atoms with van der Waals surface area (Å²) in [4.78, 5) is 16.5. The van der Waals surface area contributed by atoms with Gasteiger partial charge in [-0.05, 0) is 36.4 Å². The Balaban J connectivity index is 1.91. The second-order valence-electron chi connectivity index (χ2n) is 4.47. The van der Waals surface area contributed by atoms with E-state index in [0.29, 0.717) is 21.3 Å². The number of hydrogen-bond acceptors (Lipinski definition) is 2. The molecule has 0 saturated heterocycles. The molecule has 0 saturated carbocycles. The van der Waals surface area contributed by atoms with Crippen LogP contribution in [0.2, 0.25) is 10.0 Å². The molecule has 3 aromatic rings. The fraction of sp³-hybridized carbons (Fsp3) is 0. The second-order valence-corrected chi connectivity index (χ2v) is 5.25. The third-order valence-corrected chi connectivity index (χ3v) is 3.88. The van der Waals surface area contributed by atoms with Crippen LogP contribution >= 0.6 is 23.2 Å². The predicted octanol–water partition coefficient (Wildman–Crippen LogP) is 4.79. The first-order chi connectivity index (χ1) is 10.1. The van der Waals surface area contributed by atoms with Crippen LogP contribution in [0.5, 0.6) is 0 Å². The van der Waals surface area contributed by atoms with Crippen molar-refractivity contribution in [3.63, 3.8) is 0 Å². The topological polar surface area (TPSA) is 42.0 Å². The number of fused-ring (bicyclic) bond motifs is 1. The van der Waals surface area contributed by atoms with Crippen molar-refractivity contribution in [1.29, 1.82) is 0 Å². The average Bonchev–Trinajstić information content (AvgIpc) is 2.51. The van der Waals surface area contributed by atoms with Crippen molar-refractivity contribution in [3.8, 4) is 0 Å². The number of rotatable bonds is 2. The predicted molar refractivity (Wildman–Crippen MR) is 86.2 cm³/mol. The normalized spacial score (nSPS) is 10.6. The zero-order valence-electron chi connectivity index (χ0n) is 10.8. The molecule has 0 spiro atoms. The Hall–Kier alpha value is -2.10. The zero-order chi connectivity index (χ0) is 14.8. The third-order valence-electron chi connectivity index (χ3n) is 3.06. The molecule has 0 aliphatic heterocycles. The fourth-order valence-corrected chi connectivity index (χ4v) is 2.36. The molecule has 104 valence electrons. The van der Waals surface area contributed by atoms with Gasteiger partial charge >= 0.3 is 0 Å². The Bertz CT molecular complexity index is 833. The van der Waals surface area contributed by atoms with E-state index in [1.165, 1.54) is 0 Å². The Kier molecular flexibility index (Phi) is 3.78. The van der Waals surface area contributed by atoms with Crippen molar-refractivity contribution >= 4 is 45.7 Å². The number of hydrogen-bond donors (Lipinski definition) is 1. The molecule has 0 aliphatic carbocycles. The van der Waals surface area contributed by atoms with E-state index in [1.807, 2.05) is 18.2 Å². The van der Waals surface area contributed by atoms with Gasteiger partial charge in [0.15, 0.2) is 0 Å². The summed E-state index contributed by atoms with van der Waals surface area (Å²) < 4.78 is 0. The molecule has 1 N–H and O–H groups in total. The van der Waals surface area contributed by atoms with E-state index in [-0.39, 0.29) is 5.91 Å². The second kappa shape index (κ2) is 5.72. The number of carbonyl (C=O) groups is 1. The minimum absolute atomic E-state index is 0.245. The molecule has 0 atom stereocenters. The molecule has 1 aromatic heterocycles. The Morgan fingerprint density at radius 1 is 1.05 bits per heavy atom. The molecule has 2 aromatic carbocycles. The number of anilines is 1. The van der Waals surface area contributed by atoms with Crippen molar-refractivity contribution in [2.24, 2.45) is 0 Å². The van der Waals surface area contributed by atoms with Gasteiger partial charge in [0.1, 0.15) is 0 Å². The van der Waals surface area contributed by atoms with Crippen LogP contribution in [-0.4, -0.2) is 10.9 Å². The lowest BCUT2D eigenvalue weighted by molar-refractivity contribution is 0.102. The first-order valence-corrected chi connectivity index (χ1v) is 7.01. The highest BCUT2D eigenvalue weighted by Crippen LogP contribution is 2.29. The van der Waals surface area contributed by atoms with Crippen molar-refractivity contribution in [2.45, 2.75) is 0 Å². The van der Waals surface area contributed by atoms with E-state index in [2.05, 4.69) is 10.3 Å². The summed E-state index contributed by atoms with van der Waals surface area (Å²) >= 11 is 12.0. The SMILES string of the molecule is O=C(Nc1cccc(Cl)c1Cl)c1ccc2ncccc2c1. The van der Waals surface area contributed by atoms with Crippen molar-refractivity contribution < 1.29 is 4.79 Å². The summed E-state index contributed by atoms with van der Waals surface area (Å²) in [7, 11) is 0. The van der Waals surface area contributed by atoms with Crippen LogP contribution in [0, 0.1) is 0 Å². The number of nitrogens with one attached hydrogen (secondary N) is 1. The number of pyridine rings is 1. The molecule has 1 amide bonds. The molecule has 3 rings (SSSR count). The van der Waals surface area contributed by atoms with E-state index in [9.17, 15) is 4.79 Å². The number of benzene rings is 2. The zero-order valence-corrected chi connectivity index (χ0v) is 12.3. The molecular formula is C16H10Cl2N2O. The van der Waals surface area contributed by atoms with Crippen LogP contribution in [0.25, 0.3) is 10.9 Å². The highest BCUT2D eigenvalue weighted by Gasteiger charge is 2.10. The first kappa shape index (κ1) is 13.9. The molecule has 21 heavy (non-hydrogen) atoms. The quantitative estimate of drug-likeness (QED) is 0.738. The Labute approximate surface area is 131 Å². The van der Waals surface area contributed by atoms with Gasteiger partial charge in [0.2, 0.25) is 0 Å². The van der Waals surface area contributed by atoms with Gasteiger partial charge in [0.25, 0.3) is 5.91 Å². The first-order valence-electron chi connectivity index (χ1n) is 6.25. The molecule has 0 fully saturated rings. The van der Waals surface area contributed by atoms with Crippen LogP contribution in [0.3, 0.4) is 0 Å². The summed E-state index contributed by atoms with van der Waals surface area (Å²) in [6, 6.07) is 14.2. The minimum Gasteiger partial charge on any atom is -0.321 e. The van der Waals surface area contributed by atoms with Crippen LogP contribution in [0.15, 0.2) is 54.7 Å². The summed E-state index contributed by atoms with van der Waals surface area (Å²) in [6.07, 6.45) is 1.72. The Morgan fingerprint density at radius 2 is 1.90 bits per heavy atom. The van der Waals surface area contributed by atoms with E-state index in [1.54, 1.807) is 36.5 Å². The van der Waals surface area contributed by atoms with Gasteiger partial charge in [-0.2, -0.15) is 0 Å². The molecule has 5 heteroatoms. The van der Waals surface area contributed by atoms with E-state index in [4.69, 9.17) is 23.2 Å². The smallest absolute Gasteiger partial charge is 0.255 e. The molecule has 3 nitrogen and oxygen atoms in total. The van der Waals surface area contributed by atoms with Crippen LogP contribution < -0.4 is 5.32 Å². The molecule has 0 aliphatic rings. The van der Waals surface area contributed by atoms with Gasteiger partial charge in [-0.15, -0.1) is 0 Å². The maximum Gasteiger partial charge on any atom is 0.255 e. The Morgan fingerprint density at radius 3 is 2.76 bits per heavy atom. The molecule has 1 heterocycles. The van der Waals surface area contributed by atoms with Gasteiger partial charge in [-0.25, -0.2) is 0 Å². The highest BCUT2D eigenvalue weighted by atomic mass is 35.5. The lowest BCUT2D eigenvalue weighted by Crippen LogP contribution is -2.12. The summed E-state index contributed by atoms with van der Waals surface area (Å²) in [5, 5.41) is 4.39. The standard InChI is InChI=1S/C16H10Cl2N2O/c17-12-4-1-5-14(15(12)18)20-16(21)11-6-7-13-10(9-11)3-2-8-19-13/h1-9H,(H,20,21). The van der Waals surface area contributed by atoms with Crippen LogP contribution in [-0.2, 0) is 0 Å². The van der Waals surface area contributed by atoms with Gasteiger partial charge in [-0.1, -0.05) is 35.3 Å². The van der Waals surface area contributed by atoms with Crippen LogP contribution in [0.4, 0.5) is 5.69 Å². The third kappa shape index (κ3) is 2.84. The van der Waals surface area contributed by atoms with Crippen molar-refractivity contribution in [3.05, 3.63) is 70.3 Å². The van der Waals surface area contributed by atoms with E-state index >= 15 is 0 Å². The summed E-state index contributed by atoms with van der Waals surface area (Å²) in [6.45, 7) is 0. The molecular weight excluding hydrogens is 307 g/mol. The van der Waals surface area contributed by atoms with Gasteiger partial charge in [0, 0.05) is 17.1 Å². The molecule has 0 unspecified atom stereocenters. The number of nitrogens with zero attached hydrogens (tertiary/aromatic N) is 1. The molecule has 0 radical (unpaired) electrons. The van der Waals surface area contributed by atoms with E-state index in [0.717, 1.165) is 10.9 Å². The monoisotopic (exact) mass is 316 g/mol. The molecule has 0 bridgehead atoms. The maximum atomic E-state index is 12.3. The summed E-state index contributed by atoms with van der Waals surface area (Å²) in [5.74, 6) is -0.245. The van der Waals surface area contributed by atoms with E-state index < -0.39 is 0 Å².